The van der Waals surface area contributed by atoms with E-state index in [1.807, 2.05) is 9.80 Å². The molecule has 3 heterocycles. The summed E-state index contributed by atoms with van der Waals surface area (Å²) < 4.78 is 0. The standard InChI is InChI=1S/C18H32N4O2/c1-14-12-22(15(2)18(24)21-6-4-5-7-21)13-17(14)20-10-8-19(9-11-20)16(3)23/h14-15,17H,4-13H2,1-3H3/t14-,15+,17+/m0/s1. The third-order valence-electron chi connectivity index (χ3n) is 6.15. The largest absolute Gasteiger partial charge is 0.341 e. The zero-order chi connectivity index (χ0) is 17.3. The van der Waals surface area contributed by atoms with Crippen molar-refractivity contribution in [3.8, 4) is 0 Å². The van der Waals surface area contributed by atoms with E-state index < -0.39 is 0 Å². The topological polar surface area (TPSA) is 47.1 Å². The van der Waals surface area contributed by atoms with Gasteiger partial charge < -0.3 is 9.80 Å². The fraction of sp³-hybridized carbons (Fsp3) is 0.889. The van der Waals surface area contributed by atoms with Crippen LogP contribution in [0.15, 0.2) is 0 Å². The molecule has 3 aliphatic rings. The van der Waals surface area contributed by atoms with Gasteiger partial charge in [-0.2, -0.15) is 0 Å². The maximum absolute atomic E-state index is 12.7. The van der Waals surface area contributed by atoms with Crippen LogP contribution in [0.25, 0.3) is 0 Å². The van der Waals surface area contributed by atoms with Crippen LogP contribution in [-0.2, 0) is 9.59 Å². The van der Waals surface area contributed by atoms with E-state index in [2.05, 4.69) is 23.6 Å². The molecule has 3 fully saturated rings. The summed E-state index contributed by atoms with van der Waals surface area (Å²) >= 11 is 0. The number of carbonyl (C=O) groups is 2. The van der Waals surface area contributed by atoms with Crippen molar-refractivity contribution in [3.63, 3.8) is 0 Å². The summed E-state index contributed by atoms with van der Waals surface area (Å²) in [5, 5.41) is 0. The molecule has 3 aliphatic heterocycles. The molecule has 0 saturated carbocycles. The summed E-state index contributed by atoms with van der Waals surface area (Å²) in [6.45, 7) is 13.4. The minimum atomic E-state index is -0.00550. The van der Waals surface area contributed by atoms with Gasteiger partial charge in [0.05, 0.1) is 6.04 Å². The fourth-order valence-electron chi connectivity index (χ4n) is 4.50. The number of hydrogen-bond acceptors (Lipinski definition) is 4. The highest BCUT2D eigenvalue weighted by molar-refractivity contribution is 5.81. The number of nitrogens with zero attached hydrogens (tertiary/aromatic N) is 4. The third kappa shape index (κ3) is 3.59. The van der Waals surface area contributed by atoms with Crippen LogP contribution in [0.1, 0.15) is 33.6 Å². The second-order valence-corrected chi connectivity index (χ2v) is 7.75. The van der Waals surface area contributed by atoms with Gasteiger partial charge in [-0.25, -0.2) is 0 Å². The summed E-state index contributed by atoms with van der Waals surface area (Å²) in [6.07, 6.45) is 2.30. The molecule has 6 heteroatoms. The number of piperazine rings is 1. The second-order valence-electron chi connectivity index (χ2n) is 7.75. The van der Waals surface area contributed by atoms with E-state index in [0.29, 0.717) is 17.9 Å². The molecular weight excluding hydrogens is 304 g/mol. The van der Waals surface area contributed by atoms with E-state index in [9.17, 15) is 9.59 Å². The Bertz CT molecular complexity index is 470. The molecule has 0 spiro atoms. The molecule has 3 atom stereocenters. The highest BCUT2D eigenvalue weighted by Gasteiger charge is 2.39. The van der Waals surface area contributed by atoms with Gasteiger partial charge in [0.1, 0.15) is 0 Å². The van der Waals surface area contributed by atoms with Gasteiger partial charge in [-0.05, 0) is 25.7 Å². The van der Waals surface area contributed by atoms with Crippen LogP contribution in [0.3, 0.4) is 0 Å². The molecule has 0 aliphatic carbocycles. The average Bonchev–Trinajstić information content (AvgIpc) is 3.23. The first-order valence-corrected chi connectivity index (χ1v) is 9.49. The van der Waals surface area contributed by atoms with Gasteiger partial charge in [0.15, 0.2) is 0 Å². The molecule has 6 nitrogen and oxygen atoms in total. The van der Waals surface area contributed by atoms with Crippen LogP contribution in [0.5, 0.6) is 0 Å². The lowest BCUT2D eigenvalue weighted by Gasteiger charge is -2.39. The Labute approximate surface area is 145 Å². The van der Waals surface area contributed by atoms with E-state index in [1.165, 1.54) is 0 Å². The van der Waals surface area contributed by atoms with Crippen LogP contribution in [-0.4, -0.2) is 95.9 Å². The maximum atomic E-state index is 12.7. The molecule has 0 bridgehead atoms. The number of hydrogen-bond donors (Lipinski definition) is 0. The summed E-state index contributed by atoms with van der Waals surface area (Å²) in [7, 11) is 0. The highest BCUT2D eigenvalue weighted by atomic mass is 16.2. The first-order chi connectivity index (χ1) is 11.5. The minimum absolute atomic E-state index is 0.00550. The molecule has 0 unspecified atom stereocenters. The van der Waals surface area contributed by atoms with Crippen LogP contribution in [0.2, 0.25) is 0 Å². The van der Waals surface area contributed by atoms with Gasteiger partial charge in [-0.15, -0.1) is 0 Å². The van der Waals surface area contributed by atoms with Crippen LogP contribution < -0.4 is 0 Å². The van der Waals surface area contributed by atoms with E-state index in [1.54, 1.807) is 6.92 Å². The normalized spacial score (nSPS) is 30.8. The van der Waals surface area contributed by atoms with Gasteiger partial charge in [0.25, 0.3) is 0 Å². The Kier molecular flexibility index (Phi) is 5.45. The number of amides is 2. The summed E-state index contributed by atoms with van der Waals surface area (Å²) in [4.78, 5) is 33.0. The quantitative estimate of drug-likeness (QED) is 0.752. The molecule has 0 aromatic heterocycles. The predicted octanol–water partition coefficient (Wildman–Crippen LogP) is 0.482. The Morgan fingerprint density at radius 3 is 2.12 bits per heavy atom. The van der Waals surface area contributed by atoms with E-state index in [0.717, 1.165) is 65.2 Å². The number of likely N-dealkylation sites (tertiary alicyclic amines) is 2. The van der Waals surface area contributed by atoms with E-state index in [4.69, 9.17) is 0 Å². The van der Waals surface area contributed by atoms with Crippen molar-refractivity contribution in [2.75, 3.05) is 52.4 Å². The molecule has 0 N–H and O–H groups in total. The van der Waals surface area contributed by atoms with Gasteiger partial charge >= 0.3 is 0 Å². The Morgan fingerprint density at radius 2 is 1.54 bits per heavy atom. The summed E-state index contributed by atoms with van der Waals surface area (Å²) in [6, 6.07) is 0.502. The van der Waals surface area contributed by atoms with Crippen molar-refractivity contribution >= 4 is 11.8 Å². The summed E-state index contributed by atoms with van der Waals surface area (Å²) in [5.74, 6) is 1.06. The van der Waals surface area contributed by atoms with Crippen molar-refractivity contribution in [2.24, 2.45) is 5.92 Å². The molecule has 2 amide bonds. The van der Waals surface area contributed by atoms with Gasteiger partial charge in [0.2, 0.25) is 11.8 Å². The van der Waals surface area contributed by atoms with Gasteiger partial charge in [-0.1, -0.05) is 6.92 Å². The van der Waals surface area contributed by atoms with Crippen LogP contribution >= 0.6 is 0 Å². The Balaban J connectivity index is 1.54. The van der Waals surface area contributed by atoms with Gasteiger partial charge in [-0.3, -0.25) is 19.4 Å². The number of rotatable bonds is 3. The molecule has 0 aromatic carbocycles. The lowest BCUT2D eigenvalue weighted by Crippen LogP contribution is -2.53. The van der Waals surface area contributed by atoms with Crippen LogP contribution in [0, 0.1) is 5.92 Å². The third-order valence-corrected chi connectivity index (χ3v) is 6.15. The smallest absolute Gasteiger partial charge is 0.239 e. The zero-order valence-corrected chi connectivity index (χ0v) is 15.4. The first kappa shape index (κ1) is 17.7. The predicted molar refractivity (Wildman–Crippen MR) is 93.6 cm³/mol. The minimum Gasteiger partial charge on any atom is -0.341 e. The molecular formula is C18H32N4O2. The second kappa shape index (κ2) is 7.40. The van der Waals surface area contributed by atoms with E-state index in [-0.39, 0.29) is 11.9 Å². The average molecular weight is 336 g/mol. The molecule has 24 heavy (non-hydrogen) atoms. The molecule has 136 valence electrons. The SMILES string of the molecule is CC(=O)N1CCN([C@@H]2CN([C@H](C)C(=O)N3CCCC3)C[C@@H]2C)CC1. The van der Waals surface area contributed by atoms with Crippen molar-refractivity contribution in [1.29, 1.82) is 0 Å². The Morgan fingerprint density at radius 1 is 0.917 bits per heavy atom. The molecule has 0 radical (unpaired) electrons. The molecule has 3 rings (SSSR count). The monoisotopic (exact) mass is 336 g/mol. The first-order valence-electron chi connectivity index (χ1n) is 9.49. The van der Waals surface area contributed by atoms with Crippen LogP contribution in [0.4, 0.5) is 0 Å². The number of carbonyl (C=O) groups excluding carboxylic acids is 2. The lowest BCUT2D eigenvalue weighted by molar-refractivity contribution is -0.135. The fourth-order valence-corrected chi connectivity index (χ4v) is 4.50. The molecule has 0 aromatic rings. The van der Waals surface area contributed by atoms with Crippen molar-refractivity contribution in [1.82, 2.24) is 19.6 Å². The molecule has 3 saturated heterocycles. The highest BCUT2D eigenvalue weighted by Crippen LogP contribution is 2.25. The zero-order valence-electron chi connectivity index (χ0n) is 15.4. The Hall–Kier alpha value is -1.14. The van der Waals surface area contributed by atoms with E-state index >= 15 is 0 Å². The van der Waals surface area contributed by atoms with Crippen molar-refractivity contribution in [3.05, 3.63) is 0 Å². The van der Waals surface area contributed by atoms with Gasteiger partial charge in [0, 0.05) is 65.3 Å². The van der Waals surface area contributed by atoms with Crippen molar-refractivity contribution in [2.45, 2.75) is 45.7 Å². The lowest BCUT2D eigenvalue weighted by atomic mass is 10.0. The summed E-state index contributed by atoms with van der Waals surface area (Å²) in [5.41, 5.74) is 0. The maximum Gasteiger partial charge on any atom is 0.239 e. The van der Waals surface area contributed by atoms with Crippen molar-refractivity contribution < 1.29 is 9.59 Å².